The second-order valence-corrected chi connectivity index (χ2v) is 6.58. The molecule has 2 aromatic rings. The Morgan fingerprint density at radius 3 is 3.03 bits per heavy atom. The van der Waals surface area contributed by atoms with Gasteiger partial charge in [0.25, 0.3) is 0 Å². The van der Waals surface area contributed by atoms with Crippen LogP contribution in [0.15, 0.2) is 47.6 Å². The van der Waals surface area contributed by atoms with Gasteiger partial charge in [-0.3, -0.25) is 9.79 Å². The van der Waals surface area contributed by atoms with Crippen LogP contribution in [0.4, 0.5) is 15.9 Å². The molecule has 3 N–H and O–H groups in total. The van der Waals surface area contributed by atoms with Gasteiger partial charge in [0.15, 0.2) is 17.6 Å². The SMILES string of the molecule is C#Cc1cccc(NC(=O)CNC(=NC)NC2CCN(c3ncccc3F)C2)c1. The summed E-state index contributed by atoms with van der Waals surface area (Å²) in [4.78, 5) is 22.3. The molecule has 2 heterocycles. The molecule has 8 heteroatoms. The van der Waals surface area contributed by atoms with Crippen molar-refractivity contribution in [3.63, 3.8) is 0 Å². The molecule has 1 atom stereocenters. The van der Waals surface area contributed by atoms with Gasteiger partial charge in [0, 0.05) is 43.6 Å². The second kappa shape index (κ2) is 9.55. The van der Waals surface area contributed by atoms with Gasteiger partial charge in [0.2, 0.25) is 5.91 Å². The number of anilines is 2. The number of amides is 1. The van der Waals surface area contributed by atoms with Crippen LogP contribution in [0.5, 0.6) is 0 Å². The summed E-state index contributed by atoms with van der Waals surface area (Å²) in [5.41, 5.74) is 1.34. The fourth-order valence-electron chi connectivity index (χ4n) is 3.12. The molecule has 150 valence electrons. The van der Waals surface area contributed by atoms with Gasteiger partial charge in [-0.15, -0.1) is 6.42 Å². The number of aliphatic imine (C=N–C) groups is 1. The van der Waals surface area contributed by atoms with Gasteiger partial charge < -0.3 is 20.9 Å². The van der Waals surface area contributed by atoms with Crippen LogP contribution in [0.1, 0.15) is 12.0 Å². The van der Waals surface area contributed by atoms with E-state index in [1.165, 1.54) is 6.07 Å². The monoisotopic (exact) mass is 394 g/mol. The molecule has 3 rings (SSSR count). The van der Waals surface area contributed by atoms with Crippen molar-refractivity contribution < 1.29 is 9.18 Å². The molecular formula is C21H23FN6O. The lowest BCUT2D eigenvalue weighted by Gasteiger charge is -2.19. The van der Waals surface area contributed by atoms with Gasteiger partial charge in [-0.25, -0.2) is 9.37 Å². The summed E-state index contributed by atoms with van der Waals surface area (Å²) in [6, 6.07) is 10.1. The quantitative estimate of drug-likeness (QED) is 0.408. The fraction of sp³-hybridized carbons (Fsp3) is 0.286. The van der Waals surface area contributed by atoms with Crippen molar-refractivity contribution in [3.8, 4) is 12.3 Å². The second-order valence-electron chi connectivity index (χ2n) is 6.58. The molecule has 1 unspecified atom stereocenters. The highest BCUT2D eigenvalue weighted by atomic mass is 19.1. The zero-order valence-electron chi connectivity index (χ0n) is 16.2. The highest BCUT2D eigenvalue weighted by Gasteiger charge is 2.26. The molecule has 0 saturated carbocycles. The van der Waals surface area contributed by atoms with Crippen LogP contribution in [0.25, 0.3) is 0 Å². The number of benzene rings is 1. The Labute approximate surface area is 169 Å². The summed E-state index contributed by atoms with van der Waals surface area (Å²) in [6.07, 6.45) is 7.76. The number of guanidine groups is 1. The number of aromatic nitrogens is 1. The summed E-state index contributed by atoms with van der Waals surface area (Å²) in [5.74, 6) is 2.84. The first kappa shape index (κ1) is 20.1. The van der Waals surface area contributed by atoms with E-state index in [1.54, 1.807) is 43.6 Å². The normalized spacial score (nSPS) is 16.2. The maximum atomic E-state index is 13.9. The third-order valence-electron chi connectivity index (χ3n) is 4.52. The van der Waals surface area contributed by atoms with Crippen molar-refractivity contribution in [2.24, 2.45) is 4.99 Å². The molecule has 1 fully saturated rings. The number of hydrogen-bond donors (Lipinski definition) is 3. The number of halogens is 1. The van der Waals surface area contributed by atoms with Gasteiger partial charge in [-0.05, 0) is 36.8 Å². The molecule has 7 nitrogen and oxygen atoms in total. The van der Waals surface area contributed by atoms with Crippen LogP contribution in [0.3, 0.4) is 0 Å². The topological polar surface area (TPSA) is 81.6 Å². The number of nitrogens with zero attached hydrogens (tertiary/aromatic N) is 3. The van der Waals surface area contributed by atoms with Gasteiger partial charge in [-0.2, -0.15) is 0 Å². The van der Waals surface area contributed by atoms with E-state index in [4.69, 9.17) is 6.42 Å². The van der Waals surface area contributed by atoms with Crippen molar-refractivity contribution in [2.45, 2.75) is 12.5 Å². The Balaban J connectivity index is 1.48. The smallest absolute Gasteiger partial charge is 0.243 e. The minimum Gasteiger partial charge on any atom is -0.352 e. The van der Waals surface area contributed by atoms with Crippen LogP contribution < -0.4 is 20.9 Å². The Bertz CT molecular complexity index is 939. The van der Waals surface area contributed by atoms with E-state index in [-0.39, 0.29) is 24.3 Å². The summed E-state index contributed by atoms with van der Waals surface area (Å²) < 4.78 is 13.9. The number of carbonyl (C=O) groups is 1. The third kappa shape index (κ3) is 5.45. The van der Waals surface area contributed by atoms with E-state index in [0.717, 1.165) is 6.42 Å². The lowest BCUT2D eigenvalue weighted by atomic mass is 10.2. The van der Waals surface area contributed by atoms with Crippen molar-refractivity contribution >= 4 is 23.4 Å². The van der Waals surface area contributed by atoms with Crippen LogP contribution in [-0.2, 0) is 4.79 Å². The first-order valence-electron chi connectivity index (χ1n) is 9.28. The molecule has 1 aromatic heterocycles. The number of carbonyl (C=O) groups excluding carboxylic acids is 1. The molecule has 0 aliphatic carbocycles. The zero-order valence-corrected chi connectivity index (χ0v) is 16.2. The average molecular weight is 394 g/mol. The predicted octanol–water partition coefficient (Wildman–Crippen LogP) is 1.58. The predicted molar refractivity (Wildman–Crippen MR) is 112 cm³/mol. The molecule has 1 aliphatic heterocycles. The molecule has 1 amide bonds. The minimum absolute atomic E-state index is 0.0469. The third-order valence-corrected chi connectivity index (χ3v) is 4.52. The van der Waals surface area contributed by atoms with Crippen molar-refractivity contribution in [1.82, 2.24) is 15.6 Å². The molecule has 1 aromatic carbocycles. The standard InChI is InChI=1S/C21H23FN6O/c1-3-15-6-4-7-16(12-15)26-19(29)13-25-21(23-2)27-17-9-11-28(14-17)20-18(22)8-5-10-24-20/h1,4-8,10,12,17H,9,11,13-14H2,2H3,(H,26,29)(H2,23,25,27). The fourth-order valence-corrected chi connectivity index (χ4v) is 3.12. The average Bonchev–Trinajstić information content (AvgIpc) is 3.19. The number of terminal acetylenes is 1. The lowest BCUT2D eigenvalue weighted by Crippen LogP contribution is -2.46. The molecule has 1 saturated heterocycles. The van der Waals surface area contributed by atoms with Crippen LogP contribution >= 0.6 is 0 Å². The molecule has 29 heavy (non-hydrogen) atoms. The largest absolute Gasteiger partial charge is 0.352 e. The van der Waals surface area contributed by atoms with E-state index in [9.17, 15) is 9.18 Å². The van der Waals surface area contributed by atoms with Crippen LogP contribution in [-0.4, -0.2) is 49.6 Å². The Morgan fingerprint density at radius 1 is 1.41 bits per heavy atom. The first-order valence-corrected chi connectivity index (χ1v) is 9.28. The van der Waals surface area contributed by atoms with Gasteiger partial charge in [0.1, 0.15) is 0 Å². The van der Waals surface area contributed by atoms with Gasteiger partial charge in [-0.1, -0.05) is 12.0 Å². The van der Waals surface area contributed by atoms with E-state index in [1.807, 2.05) is 4.90 Å². The molecule has 0 radical (unpaired) electrons. The number of pyridine rings is 1. The maximum Gasteiger partial charge on any atom is 0.243 e. The van der Waals surface area contributed by atoms with Gasteiger partial charge in [0.05, 0.1) is 6.54 Å². The Morgan fingerprint density at radius 2 is 2.28 bits per heavy atom. The summed E-state index contributed by atoms with van der Waals surface area (Å²) >= 11 is 0. The lowest BCUT2D eigenvalue weighted by molar-refractivity contribution is -0.115. The van der Waals surface area contributed by atoms with Crippen molar-refractivity contribution in [1.29, 1.82) is 0 Å². The molecule has 0 spiro atoms. The van der Waals surface area contributed by atoms with E-state index >= 15 is 0 Å². The number of nitrogens with one attached hydrogen (secondary N) is 3. The van der Waals surface area contributed by atoms with Gasteiger partial charge >= 0.3 is 0 Å². The van der Waals surface area contributed by atoms with Crippen molar-refractivity contribution in [3.05, 3.63) is 54.0 Å². The summed E-state index contributed by atoms with van der Waals surface area (Å²) in [6.45, 7) is 1.33. The Kier molecular flexibility index (Phi) is 6.63. The molecular weight excluding hydrogens is 371 g/mol. The van der Waals surface area contributed by atoms with Crippen LogP contribution in [0, 0.1) is 18.2 Å². The molecule has 1 aliphatic rings. The summed E-state index contributed by atoms with van der Waals surface area (Å²) in [5, 5.41) is 9.04. The number of hydrogen-bond acceptors (Lipinski definition) is 4. The maximum absolute atomic E-state index is 13.9. The number of rotatable bonds is 5. The Hall–Kier alpha value is -3.60. The van der Waals surface area contributed by atoms with Crippen molar-refractivity contribution in [2.75, 3.05) is 36.9 Å². The minimum atomic E-state index is -0.332. The van der Waals surface area contributed by atoms with E-state index in [2.05, 4.69) is 31.8 Å². The summed E-state index contributed by atoms with van der Waals surface area (Å²) in [7, 11) is 1.63. The first-order chi connectivity index (χ1) is 14.1. The van der Waals surface area contributed by atoms with E-state index < -0.39 is 0 Å². The van der Waals surface area contributed by atoms with Crippen LogP contribution in [0.2, 0.25) is 0 Å². The van der Waals surface area contributed by atoms with E-state index in [0.29, 0.717) is 36.1 Å². The zero-order chi connectivity index (χ0) is 20.6. The highest BCUT2D eigenvalue weighted by molar-refractivity contribution is 5.95. The highest BCUT2D eigenvalue weighted by Crippen LogP contribution is 2.20. The molecule has 0 bridgehead atoms.